The molecule has 140 valence electrons. The molecule has 1 unspecified atom stereocenters. The summed E-state index contributed by atoms with van der Waals surface area (Å²) in [7, 11) is 1.59. The number of allylic oxidation sites excluding steroid dienone is 1. The lowest BCUT2D eigenvalue weighted by Crippen LogP contribution is -2.34. The van der Waals surface area contributed by atoms with E-state index >= 15 is 0 Å². The Kier molecular flexibility index (Phi) is 5.81. The normalized spacial score (nSPS) is 16.7. The smallest absolute Gasteiger partial charge is 0.336 e. The average Bonchev–Trinajstić information content (AvgIpc) is 2.66. The van der Waals surface area contributed by atoms with Gasteiger partial charge < -0.3 is 14.8 Å². The van der Waals surface area contributed by atoms with E-state index in [1.54, 1.807) is 32.2 Å². The van der Waals surface area contributed by atoms with Gasteiger partial charge in [-0.3, -0.25) is 4.79 Å². The maximum Gasteiger partial charge on any atom is 0.336 e. The van der Waals surface area contributed by atoms with Crippen LogP contribution in [0.25, 0.3) is 0 Å². The molecule has 1 N–H and O–H groups in total. The average molecular weight is 386 g/mol. The van der Waals surface area contributed by atoms with Crippen LogP contribution < -0.4 is 10.1 Å². The Labute approximate surface area is 162 Å². The Balaban J connectivity index is 1.82. The molecular weight excluding hydrogens is 366 g/mol. The Morgan fingerprint density at radius 3 is 2.56 bits per heavy atom. The largest absolute Gasteiger partial charge is 0.497 e. The first-order chi connectivity index (χ1) is 13.0. The van der Waals surface area contributed by atoms with Crippen LogP contribution in [-0.4, -0.2) is 19.0 Å². The topological polar surface area (TPSA) is 64.6 Å². The minimum atomic E-state index is -0.465. The first-order valence-electron chi connectivity index (χ1n) is 8.54. The maximum atomic E-state index is 12.8. The fourth-order valence-electron chi connectivity index (χ4n) is 3.14. The third-order valence-electron chi connectivity index (χ3n) is 4.50. The van der Waals surface area contributed by atoms with Crippen LogP contribution in [0.2, 0.25) is 5.02 Å². The highest BCUT2D eigenvalue weighted by Crippen LogP contribution is 2.37. The summed E-state index contributed by atoms with van der Waals surface area (Å²) in [6.07, 6.45) is 0.147. The van der Waals surface area contributed by atoms with Gasteiger partial charge in [-0.1, -0.05) is 41.9 Å². The van der Waals surface area contributed by atoms with Gasteiger partial charge in [0.05, 0.1) is 12.7 Å². The van der Waals surface area contributed by atoms with Crippen molar-refractivity contribution < 1.29 is 19.1 Å². The molecule has 5 nitrogen and oxygen atoms in total. The fourth-order valence-corrected chi connectivity index (χ4v) is 3.41. The Hall–Kier alpha value is -2.79. The summed E-state index contributed by atoms with van der Waals surface area (Å²) in [6, 6.07) is 14.5. The van der Waals surface area contributed by atoms with Crippen LogP contribution in [0.1, 0.15) is 30.4 Å². The summed E-state index contributed by atoms with van der Waals surface area (Å²) in [5, 5.41) is 3.24. The van der Waals surface area contributed by atoms with Crippen molar-refractivity contribution in [3.05, 3.63) is 76.0 Å². The molecule has 1 atom stereocenters. The van der Waals surface area contributed by atoms with Crippen molar-refractivity contribution in [2.24, 2.45) is 0 Å². The molecule has 2 aromatic rings. The molecule has 0 saturated heterocycles. The molecule has 1 aliphatic rings. The van der Waals surface area contributed by atoms with E-state index in [2.05, 4.69) is 5.32 Å². The number of halogens is 1. The van der Waals surface area contributed by atoms with Crippen LogP contribution in [-0.2, 0) is 20.9 Å². The molecule has 3 rings (SSSR count). The lowest BCUT2D eigenvalue weighted by Gasteiger charge is -2.27. The van der Waals surface area contributed by atoms with Crippen molar-refractivity contribution in [2.75, 3.05) is 7.11 Å². The first kappa shape index (κ1) is 19.0. The van der Waals surface area contributed by atoms with Crippen LogP contribution in [0.3, 0.4) is 0 Å². The quantitative estimate of drug-likeness (QED) is 0.791. The highest BCUT2D eigenvalue weighted by atomic mass is 35.5. The van der Waals surface area contributed by atoms with E-state index in [9.17, 15) is 9.59 Å². The lowest BCUT2D eigenvalue weighted by atomic mass is 9.84. The number of nitrogens with one attached hydrogen (secondary N) is 1. The predicted molar refractivity (Wildman–Crippen MR) is 102 cm³/mol. The minimum Gasteiger partial charge on any atom is -0.497 e. The highest BCUT2D eigenvalue weighted by Gasteiger charge is 2.33. The summed E-state index contributed by atoms with van der Waals surface area (Å²) in [4.78, 5) is 24.8. The van der Waals surface area contributed by atoms with Crippen LogP contribution in [0.15, 0.2) is 59.8 Å². The summed E-state index contributed by atoms with van der Waals surface area (Å²) < 4.78 is 10.6. The molecule has 0 fully saturated rings. The molecule has 27 heavy (non-hydrogen) atoms. The molecule has 2 aromatic carbocycles. The van der Waals surface area contributed by atoms with E-state index < -0.39 is 11.9 Å². The molecule has 0 aromatic heterocycles. The molecule has 1 amide bonds. The number of hydrogen-bond acceptors (Lipinski definition) is 4. The van der Waals surface area contributed by atoms with Gasteiger partial charge in [-0.15, -0.1) is 0 Å². The summed E-state index contributed by atoms with van der Waals surface area (Å²) in [5.74, 6) is -0.314. The van der Waals surface area contributed by atoms with Gasteiger partial charge in [-0.05, 0) is 36.2 Å². The van der Waals surface area contributed by atoms with Gasteiger partial charge in [0.2, 0.25) is 5.91 Å². The van der Waals surface area contributed by atoms with E-state index in [1.165, 1.54) is 0 Å². The maximum absolute atomic E-state index is 12.8. The third kappa shape index (κ3) is 4.31. The number of carbonyl (C=O) groups excluding carboxylic acids is 2. The Morgan fingerprint density at radius 2 is 1.89 bits per heavy atom. The second-order valence-corrected chi connectivity index (χ2v) is 6.70. The molecule has 1 aliphatic heterocycles. The molecule has 0 spiro atoms. The third-order valence-corrected chi connectivity index (χ3v) is 4.84. The number of rotatable bonds is 5. The van der Waals surface area contributed by atoms with Crippen molar-refractivity contribution in [1.82, 2.24) is 5.32 Å². The highest BCUT2D eigenvalue weighted by molar-refractivity contribution is 6.31. The van der Waals surface area contributed by atoms with Gasteiger partial charge in [-0.25, -0.2) is 4.79 Å². The molecule has 1 heterocycles. The second kappa shape index (κ2) is 8.27. The fraction of sp³-hybridized carbons (Fsp3) is 0.238. The number of methoxy groups -OCH3 is 1. The van der Waals surface area contributed by atoms with E-state index in [1.807, 2.05) is 30.3 Å². The van der Waals surface area contributed by atoms with Crippen molar-refractivity contribution in [3.63, 3.8) is 0 Å². The zero-order valence-electron chi connectivity index (χ0n) is 15.1. The number of benzene rings is 2. The van der Waals surface area contributed by atoms with Crippen molar-refractivity contribution in [2.45, 2.75) is 25.9 Å². The number of carbonyl (C=O) groups is 2. The van der Waals surface area contributed by atoms with Gasteiger partial charge in [-0.2, -0.15) is 0 Å². The van der Waals surface area contributed by atoms with Gasteiger partial charge >= 0.3 is 5.97 Å². The van der Waals surface area contributed by atoms with E-state index in [4.69, 9.17) is 21.1 Å². The molecule has 0 radical (unpaired) electrons. The molecule has 0 saturated carbocycles. The van der Waals surface area contributed by atoms with Gasteiger partial charge in [0, 0.05) is 23.1 Å². The van der Waals surface area contributed by atoms with Crippen LogP contribution in [0, 0.1) is 0 Å². The zero-order chi connectivity index (χ0) is 19.4. The van der Waals surface area contributed by atoms with E-state index in [-0.39, 0.29) is 18.9 Å². The van der Waals surface area contributed by atoms with Crippen LogP contribution in [0.5, 0.6) is 5.75 Å². The van der Waals surface area contributed by atoms with Gasteiger partial charge in [0.1, 0.15) is 12.4 Å². The van der Waals surface area contributed by atoms with Gasteiger partial charge in [0.25, 0.3) is 0 Å². The number of esters is 1. The molecule has 0 aliphatic carbocycles. The van der Waals surface area contributed by atoms with E-state index in [0.29, 0.717) is 16.3 Å². The molecule has 0 bridgehead atoms. The number of amides is 1. The van der Waals surface area contributed by atoms with Crippen molar-refractivity contribution >= 4 is 23.5 Å². The summed E-state index contributed by atoms with van der Waals surface area (Å²) in [6.45, 7) is 1.83. The van der Waals surface area contributed by atoms with Crippen LogP contribution >= 0.6 is 11.6 Å². The second-order valence-electron chi connectivity index (χ2n) is 6.29. The molecule has 6 heteroatoms. The Morgan fingerprint density at radius 1 is 1.19 bits per heavy atom. The number of hydrogen-bond donors (Lipinski definition) is 1. The van der Waals surface area contributed by atoms with Crippen LogP contribution in [0.4, 0.5) is 0 Å². The number of ether oxygens (including phenoxy) is 2. The first-order valence-corrected chi connectivity index (χ1v) is 8.92. The standard InChI is InChI=1S/C21H20ClNO4/c1-13-20(21(25)27-12-14-7-9-15(26-2)10-8-14)17(11-19(24)23-13)16-5-3-4-6-18(16)22/h3-10,17H,11-12H2,1-2H3,(H,23,24). The van der Waals surface area contributed by atoms with Crippen molar-refractivity contribution in [3.8, 4) is 5.75 Å². The summed E-state index contributed by atoms with van der Waals surface area (Å²) in [5.41, 5.74) is 2.51. The zero-order valence-corrected chi connectivity index (χ0v) is 15.9. The van der Waals surface area contributed by atoms with E-state index in [0.717, 1.165) is 16.9 Å². The minimum absolute atomic E-state index is 0.128. The SMILES string of the molecule is COc1ccc(COC(=O)C2=C(C)NC(=O)CC2c2ccccc2Cl)cc1. The Bertz CT molecular complexity index is 889. The molecular formula is C21H20ClNO4. The summed E-state index contributed by atoms with van der Waals surface area (Å²) >= 11 is 6.31. The predicted octanol–water partition coefficient (Wildman–Crippen LogP) is 3.97. The van der Waals surface area contributed by atoms with Crippen molar-refractivity contribution in [1.29, 1.82) is 0 Å². The van der Waals surface area contributed by atoms with Gasteiger partial charge in [0.15, 0.2) is 0 Å². The lowest BCUT2D eigenvalue weighted by molar-refractivity contribution is -0.141. The monoisotopic (exact) mass is 385 g/mol.